The highest BCUT2D eigenvalue weighted by atomic mass is 16.4. The highest BCUT2D eigenvalue weighted by Crippen LogP contribution is 2.29. The number of hydrogen-bond donors (Lipinski definition) is 2. The summed E-state index contributed by atoms with van der Waals surface area (Å²) < 4.78 is 0. The number of nitrogens with two attached hydrogens (primary N) is 1. The van der Waals surface area contributed by atoms with Crippen molar-refractivity contribution in [3.05, 3.63) is 0 Å². The van der Waals surface area contributed by atoms with Crippen molar-refractivity contribution in [2.24, 2.45) is 5.73 Å². The van der Waals surface area contributed by atoms with Gasteiger partial charge in [-0.15, -0.1) is 0 Å². The predicted octanol–water partition coefficient (Wildman–Crippen LogP) is -1.07. The normalized spacial score (nSPS) is 23.3. The van der Waals surface area contributed by atoms with E-state index in [-0.39, 0.29) is 24.9 Å². The highest BCUT2D eigenvalue weighted by Gasteiger charge is 2.45. The van der Waals surface area contributed by atoms with Crippen molar-refractivity contribution >= 4 is 23.7 Å². The van der Waals surface area contributed by atoms with Crippen LogP contribution in [0.3, 0.4) is 0 Å². The van der Waals surface area contributed by atoms with Gasteiger partial charge in [0, 0.05) is 6.04 Å². The third kappa shape index (κ3) is 3.38. The first-order valence-electron chi connectivity index (χ1n) is 7.00. The summed E-state index contributed by atoms with van der Waals surface area (Å²) in [4.78, 5) is 48.8. The lowest BCUT2D eigenvalue weighted by molar-refractivity contribution is -0.143. The molecule has 0 aromatic rings. The maximum atomic E-state index is 12.4. The summed E-state index contributed by atoms with van der Waals surface area (Å²) in [6.45, 7) is -0.848. The number of carbonyl (C=O) groups excluding carboxylic acids is 3. The number of carboxylic acid groups (broad SMARTS) is 1. The van der Waals surface area contributed by atoms with Crippen molar-refractivity contribution in [1.82, 2.24) is 9.80 Å². The van der Waals surface area contributed by atoms with E-state index >= 15 is 0 Å². The van der Waals surface area contributed by atoms with E-state index in [1.807, 2.05) is 0 Å². The molecule has 116 valence electrons. The molecule has 8 nitrogen and oxygen atoms in total. The smallest absolute Gasteiger partial charge is 0.317 e. The Kier molecular flexibility index (Phi) is 4.56. The number of carboxylic acids is 1. The van der Waals surface area contributed by atoms with Gasteiger partial charge < -0.3 is 10.8 Å². The average Bonchev–Trinajstić information content (AvgIpc) is 2.95. The van der Waals surface area contributed by atoms with E-state index in [2.05, 4.69) is 0 Å². The van der Waals surface area contributed by atoms with Gasteiger partial charge in [0.2, 0.25) is 17.7 Å². The van der Waals surface area contributed by atoms with Crippen LogP contribution in [-0.4, -0.2) is 63.8 Å². The Labute approximate surface area is 121 Å². The number of carbonyl (C=O) groups is 4. The summed E-state index contributed by atoms with van der Waals surface area (Å²) in [7, 11) is 0. The number of primary amides is 1. The van der Waals surface area contributed by atoms with E-state index in [1.165, 1.54) is 9.80 Å². The third-order valence-corrected chi connectivity index (χ3v) is 3.99. The highest BCUT2D eigenvalue weighted by molar-refractivity contribution is 6.06. The fourth-order valence-electron chi connectivity index (χ4n) is 3.12. The second kappa shape index (κ2) is 6.21. The summed E-state index contributed by atoms with van der Waals surface area (Å²) in [6.07, 6.45) is 3.45. The van der Waals surface area contributed by atoms with Crippen molar-refractivity contribution in [3.63, 3.8) is 0 Å². The van der Waals surface area contributed by atoms with Crippen LogP contribution in [0.15, 0.2) is 0 Å². The molecule has 1 unspecified atom stereocenters. The van der Waals surface area contributed by atoms with Gasteiger partial charge in [0.15, 0.2) is 0 Å². The zero-order valence-electron chi connectivity index (χ0n) is 11.7. The lowest BCUT2D eigenvalue weighted by Crippen LogP contribution is -2.49. The van der Waals surface area contributed by atoms with Crippen LogP contribution in [0.2, 0.25) is 0 Å². The largest absolute Gasteiger partial charge is 0.480 e. The molecule has 0 spiro atoms. The molecule has 0 aromatic heterocycles. The summed E-state index contributed by atoms with van der Waals surface area (Å²) in [5.74, 6) is -2.60. The van der Waals surface area contributed by atoms with E-state index < -0.39 is 30.4 Å². The van der Waals surface area contributed by atoms with Crippen molar-refractivity contribution in [2.75, 3.05) is 13.1 Å². The van der Waals surface area contributed by atoms with Crippen LogP contribution in [0.4, 0.5) is 0 Å². The summed E-state index contributed by atoms with van der Waals surface area (Å²) >= 11 is 0. The summed E-state index contributed by atoms with van der Waals surface area (Å²) in [5, 5.41) is 8.88. The first kappa shape index (κ1) is 15.4. The molecular weight excluding hydrogens is 278 g/mol. The lowest BCUT2D eigenvalue weighted by atomic mass is 10.2. The summed E-state index contributed by atoms with van der Waals surface area (Å²) in [5.41, 5.74) is 5.09. The number of nitrogens with zero attached hydrogens (tertiary/aromatic N) is 2. The number of likely N-dealkylation sites (tertiary alicyclic amines) is 1. The maximum Gasteiger partial charge on any atom is 0.317 e. The molecule has 3 amide bonds. The molecule has 0 radical (unpaired) electrons. The molecule has 2 fully saturated rings. The molecule has 0 bridgehead atoms. The molecule has 3 N–H and O–H groups in total. The molecular formula is C13H19N3O5. The Morgan fingerprint density at radius 3 is 2.38 bits per heavy atom. The molecule has 1 aliphatic heterocycles. The molecule has 1 saturated carbocycles. The first-order valence-corrected chi connectivity index (χ1v) is 7.00. The van der Waals surface area contributed by atoms with Crippen molar-refractivity contribution in [2.45, 2.75) is 44.2 Å². The maximum absolute atomic E-state index is 12.4. The third-order valence-electron chi connectivity index (χ3n) is 3.99. The van der Waals surface area contributed by atoms with Gasteiger partial charge in [0.1, 0.15) is 0 Å². The Morgan fingerprint density at radius 2 is 1.86 bits per heavy atom. The standard InChI is InChI=1S/C13H19N3O5/c14-10(17)6-15(7-12(19)20)9-5-11(18)16(13(9)21)8-3-1-2-4-8/h8-9H,1-7H2,(H2,14,17)(H,19,20). The molecule has 1 heterocycles. The van der Waals surface area contributed by atoms with E-state index in [0.29, 0.717) is 0 Å². The van der Waals surface area contributed by atoms with Gasteiger partial charge in [0.05, 0.1) is 25.6 Å². The van der Waals surface area contributed by atoms with Gasteiger partial charge in [-0.05, 0) is 12.8 Å². The van der Waals surface area contributed by atoms with Crippen LogP contribution in [0, 0.1) is 0 Å². The van der Waals surface area contributed by atoms with E-state index in [4.69, 9.17) is 10.8 Å². The lowest BCUT2D eigenvalue weighted by Gasteiger charge is -2.26. The number of rotatable bonds is 6. The van der Waals surface area contributed by atoms with Crippen molar-refractivity contribution in [1.29, 1.82) is 0 Å². The van der Waals surface area contributed by atoms with Gasteiger partial charge in [0.25, 0.3) is 0 Å². The van der Waals surface area contributed by atoms with E-state index in [1.54, 1.807) is 0 Å². The zero-order valence-corrected chi connectivity index (χ0v) is 11.7. The molecule has 1 saturated heterocycles. The number of amides is 3. The fourth-order valence-corrected chi connectivity index (χ4v) is 3.12. The molecule has 0 aromatic carbocycles. The van der Waals surface area contributed by atoms with Gasteiger partial charge in [-0.2, -0.15) is 0 Å². The fraction of sp³-hybridized carbons (Fsp3) is 0.692. The van der Waals surface area contributed by atoms with E-state index in [0.717, 1.165) is 25.7 Å². The minimum absolute atomic E-state index is 0.0874. The Hall–Kier alpha value is -1.96. The number of aliphatic carboxylic acids is 1. The average molecular weight is 297 g/mol. The second-order valence-electron chi connectivity index (χ2n) is 5.53. The van der Waals surface area contributed by atoms with Crippen LogP contribution >= 0.6 is 0 Å². The van der Waals surface area contributed by atoms with Crippen LogP contribution in [0.25, 0.3) is 0 Å². The Balaban J connectivity index is 2.14. The first-order chi connectivity index (χ1) is 9.90. The van der Waals surface area contributed by atoms with E-state index in [9.17, 15) is 19.2 Å². The van der Waals surface area contributed by atoms with Crippen LogP contribution in [0.5, 0.6) is 0 Å². The van der Waals surface area contributed by atoms with Crippen LogP contribution in [-0.2, 0) is 19.2 Å². The molecule has 1 atom stereocenters. The number of hydrogen-bond acceptors (Lipinski definition) is 5. The SMILES string of the molecule is NC(=O)CN(CC(=O)O)C1CC(=O)N(C2CCCC2)C1=O. The monoisotopic (exact) mass is 297 g/mol. The molecule has 8 heteroatoms. The van der Waals surface area contributed by atoms with Crippen molar-refractivity contribution < 1.29 is 24.3 Å². The molecule has 2 rings (SSSR count). The minimum atomic E-state index is -1.17. The summed E-state index contributed by atoms with van der Waals surface area (Å²) in [6, 6.07) is -0.989. The van der Waals surface area contributed by atoms with Gasteiger partial charge in [-0.25, -0.2) is 0 Å². The quantitative estimate of drug-likeness (QED) is 0.602. The molecule has 1 aliphatic carbocycles. The minimum Gasteiger partial charge on any atom is -0.480 e. The second-order valence-corrected chi connectivity index (χ2v) is 5.53. The van der Waals surface area contributed by atoms with Gasteiger partial charge in [-0.1, -0.05) is 12.8 Å². The van der Waals surface area contributed by atoms with Crippen molar-refractivity contribution in [3.8, 4) is 0 Å². The Morgan fingerprint density at radius 1 is 1.24 bits per heavy atom. The van der Waals surface area contributed by atoms with Gasteiger partial charge in [-0.3, -0.25) is 29.0 Å². The topological polar surface area (TPSA) is 121 Å². The van der Waals surface area contributed by atoms with Crippen LogP contribution < -0.4 is 5.73 Å². The van der Waals surface area contributed by atoms with Crippen LogP contribution in [0.1, 0.15) is 32.1 Å². The molecule has 21 heavy (non-hydrogen) atoms. The number of imide groups is 1. The Bertz CT molecular complexity index is 456. The predicted molar refractivity (Wildman–Crippen MR) is 70.9 cm³/mol. The van der Waals surface area contributed by atoms with Gasteiger partial charge >= 0.3 is 5.97 Å². The zero-order chi connectivity index (χ0) is 15.6. The molecule has 2 aliphatic rings.